The highest BCUT2D eigenvalue weighted by Crippen LogP contribution is 2.24. The third-order valence-corrected chi connectivity index (χ3v) is 5.25. The predicted octanol–water partition coefficient (Wildman–Crippen LogP) is 1.81. The van der Waals surface area contributed by atoms with Gasteiger partial charge in [0.25, 0.3) is 5.56 Å². The van der Waals surface area contributed by atoms with Crippen molar-refractivity contribution in [3.8, 4) is 0 Å². The Balaban J connectivity index is 1.74. The van der Waals surface area contributed by atoms with Gasteiger partial charge in [0.2, 0.25) is 5.91 Å². The molecule has 0 spiro atoms. The number of carboxylic acids is 1. The molecule has 138 valence electrons. The molecule has 0 bridgehead atoms. The minimum absolute atomic E-state index is 0.125. The van der Waals surface area contributed by atoms with Gasteiger partial charge in [0.1, 0.15) is 0 Å². The first-order valence-corrected chi connectivity index (χ1v) is 8.87. The number of hydrogen-bond donors (Lipinski definition) is 1. The lowest BCUT2D eigenvalue weighted by molar-refractivity contribution is -0.149. The first-order chi connectivity index (χ1) is 12.4. The molecule has 7 heteroatoms. The van der Waals surface area contributed by atoms with Crippen LogP contribution in [-0.4, -0.2) is 44.0 Å². The maximum Gasteiger partial charge on any atom is 0.308 e. The van der Waals surface area contributed by atoms with E-state index in [9.17, 15) is 19.5 Å². The zero-order valence-corrected chi connectivity index (χ0v) is 15.0. The van der Waals surface area contributed by atoms with Gasteiger partial charge in [-0.05, 0) is 38.3 Å². The molecule has 1 fully saturated rings. The number of fused-ring (bicyclic) bond motifs is 1. The number of aromatic nitrogens is 2. The van der Waals surface area contributed by atoms with E-state index in [2.05, 4.69) is 4.98 Å². The number of hydrogen-bond acceptors (Lipinski definition) is 4. The Morgan fingerprint density at radius 2 is 2.12 bits per heavy atom. The van der Waals surface area contributed by atoms with Crippen LogP contribution in [0.2, 0.25) is 0 Å². The number of aliphatic carboxylic acids is 1. The number of benzene rings is 1. The second kappa shape index (κ2) is 7.27. The smallest absolute Gasteiger partial charge is 0.308 e. The molecular weight excluding hydrogens is 334 g/mol. The summed E-state index contributed by atoms with van der Waals surface area (Å²) >= 11 is 0. The van der Waals surface area contributed by atoms with E-state index in [1.54, 1.807) is 17.9 Å². The lowest BCUT2D eigenvalue weighted by Crippen LogP contribution is -2.49. The third kappa shape index (κ3) is 3.34. The predicted molar refractivity (Wildman–Crippen MR) is 96.9 cm³/mol. The molecule has 1 aromatic heterocycles. The summed E-state index contributed by atoms with van der Waals surface area (Å²) in [5.74, 6) is -1.51. The van der Waals surface area contributed by atoms with Gasteiger partial charge in [-0.3, -0.25) is 19.0 Å². The zero-order valence-electron chi connectivity index (χ0n) is 15.0. The highest BCUT2D eigenvalue weighted by molar-refractivity contribution is 5.81. The fourth-order valence-electron chi connectivity index (χ4n) is 3.68. The van der Waals surface area contributed by atoms with Gasteiger partial charge in [-0.15, -0.1) is 0 Å². The SMILES string of the molecule is Cc1cccc2c(=O)n(CCC(=O)N3CCC[C@@H](C(=O)O)[C@H]3C)cnc12. The number of para-hydroxylation sites is 1. The average Bonchev–Trinajstić information content (AvgIpc) is 2.61. The summed E-state index contributed by atoms with van der Waals surface area (Å²) in [5, 5.41) is 9.82. The molecule has 0 saturated carbocycles. The Morgan fingerprint density at radius 1 is 1.35 bits per heavy atom. The van der Waals surface area contributed by atoms with Crippen molar-refractivity contribution in [2.45, 2.75) is 45.7 Å². The first-order valence-electron chi connectivity index (χ1n) is 8.87. The van der Waals surface area contributed by atoms with Gasteiger partial charge in [-0.2, -0.15) is 0 Å². The number of likely N-dealkylation sites (tertiary alicyclic amines) is 1. The fraction of sp³-hybridized carbons (Fsp3) is 0.474. The minimum Gasteiger partial charge on any atom is -0.481 e. The van der Waals surface area contributed by atoms with Gasteiger partial charge in [0.15, 0.2) is 0 Å². The molecule has 2 atom stereocenters. The summed E-state index contributed by atoms with van der Waals surface area (Å²) in [4.78, 5) is 42.5. The standard InChI is InChI=1S/C19H23N3O4/c1-12-5-3-6-15-17(12)20-11-21(18(15)24)10-8-16(23)22-9-4-7-14(13(22)2)19(25)26/h3,5-6,11,13-14H,4,7-10H2,1-2H3,(H,25,26)/t13-,14-/m1/s1. The van der Waals surface area contributed by atoms with Crippen molar-refractivity contribution in [3.05, 3.63) is 40.4 Å². The van der Waals surface area contributed by atoms with Gasteiger partial charge >= 0.3 is 5.97 Å². The molecule has 0 aliphatic carbocycles. The summed E-state index contributed by atoms with van der Waals surface area (Å²) in [6, 6.07) is 5.12. The summed E-state index contributed by atoms with van der Waals surface area (Å²) < 4.78 is 1.45. The molecule has 1 amide bonds. The highest BCUT2D eigenvalue weighted by atomic mass is 16.4. The number of aryl methyl sites for hydroxylation is 2. The molecule has 26 heavy (non-hydrogen) atoms. The van der Waals surface area contributed by atoms with Crippen molar-refractivity contribution in [1.29, 1.82) is 0 Å². The van der Waals surface area contributed by atoms with Crippen molar-refractivity contribution in [2.75, 3.05) is 6.54 Å². The van der Waals surface area contributed by atoms with Gasteiger partial charge in [0.05, 0.1) is 23.1 Å². The molecule has 1 saturated heterocycles. The van der Waals surface area contributed by atoms with Crippen LogP contribution in [0.5, 0.6) is 0 Å². The Labute approximate surface area is 151 Å². The number of rotatable bonds is 4. The highest BCUT2D eigenvalue weighted by Gasteiger charge is 2.34. The van der Waals surface area contributed by atoms with E-state index in [0.29, 0.717) is 30.3 Å². The van der Waals surface area contributed by atoms with Gasteiger partial charge in [0, 0.05) is 25.6 Å². The van der Waals surface area contributed by atoms with Crippen LogP contribution in [0.15, 0.2) is 29.3 Å². The van der Waals surface area contributed by atoms with Crippen molar-refractivity contribution < 1.29 is 14.7 Å². The van der Waals surface area contributed by atoms with Crippen LogP contribution in [0, 0.1) is 12.8 Å². The number of nitrogens with zero attached hydrogens (tertiary/aromatic N) is 3. The molecule has 3 rings (SSSR count). The molecule has 1 aliphatic rings. The quantitative estimate of drug-likeness (QED) is 0.901. The zero-order chi connectivity index (χ0) is 18.8. The second-order valence-corrected chi connectivity index (χ2v) is 6.88. The topological polar surface area (TPSA) is 92.5 Å². The van der Waals surface area contributed by atoms with Gasteiger partial charge < -0.3 is 10.0 Å². The Bertz CT molecular complexity index is 905. The normalized spacial score (nSPS) is 20.3. The van der Waals surface area contributed by atoms with Crippen LogP contribution in [0.4, 0.5) is 0 Å². The fourth-order valence-corrected chi connectivity index (χ4v) is 3.68. The molecule has 7 nitrogen and oxygen atoms in total. The van der Waals surface area contributed by atoms with E-state index < -0.39 is 11.9 Å². The summed E-state index contributed by atoms with van der Waals surface area (Å²) in [5.41, 5.74) is 1.44. The van der Waals surface area contributed by atoms with Crippen LogP contribution >= 0.6 is 0 Å². The average molecular weight is 357 g/mol. The van der Waals surface area contributed by atoms with E-state index in [1.807, 2.05) is 19.1 Å². The molecule has 0 radical (unpaired) electrons. The number of carboxylic acid groups (broad SMARTS) is 1. The maximum atomic E-state index is 12.6. The van der Waals surface area contributed by atoms with Crippen LogP contribution in [0.1, 0.15) is 31.7 Å². The molecule has 1 aliphatic heterocycles. The molecule has 1 aromatic carbocycles. The third-order valence-electron chi connectivity index (χ3n) is 5.25. The Hall–Kier alpha value is -2.70. The lowest BCUT2D eigenvalue weighted by atomic mass is 9.90. The van der Waals surface area contributed by atoms with Crippen molar-refractivity contribution in [1.82, 2.24) is 14.5 Å². The van der Waals surface area contributed by atoms with E-state index in [4.69, 9.17) is 0 Å². The summed E-state index contributed by atoms with van der Waals surface area (Å²) in [6.07, 6.45) is 2.90. The van der Waals surface area contributed by atoms with Gasteiger partial charge in [-0.1, -0.05) is 12.1 Å². The Morgan fingerprint density at radius 3 is 2.85 bits per heavy atom. The molecule has 2 aromatic rings. The van der Waals surface area contributed by atoms with Crippen LogP contribution in [-0.2, 0) is 16.1 Å². The van der Waals surface area contributed by atoms with E-state index in [1.165, 1.54) is 10.9 Å². The van der Waals surface area contributed by atoms with Crippen molar-refractivity contribution in [3.63, 3.8) is 0 Å². The van der Waals surface area contributed by atoms with Crippen LogP contribution < -0.4 is 5.56 Å². The van der Waals surface area contributed by atoms with E-state index in [-0.39, 0.29) is 30.5 Å². The number of piperidine rings is 1. The molecular formula is C19H23N3O4. The van der Waals surface area contributed by atoms with E-state index >= 15 is 0 Å². The summed E-state index contributed by atoms with van der Waals surface area (Å²) in [7, 11) is 0. The monoisotopic (exact) mass is 357 g/mol. The second-order valence-electron chi connectivity index (χ2n) is 6.88. The van der Waals surface area contributed by atoms with Crippen molar-refractivity contribution in [2.24, 2.45) is 5.92 Å². The minimum atomic E-state index is -0.861. The molecule has 0 unspecified atom stereocenters. The first kappa shape index (κ1) is 18.1. The number of carbonyl (C=O) groups is 2. The largest absolute Gasteiger partial charge is 0.481 e. The number of amides is 1. The van der Waals surface area contributed by atoms with Gasteiger partial charge in [-0.25, -0.2) is 4.98 Å². The lowest BCUT2D eigenvalue weighted by Gasteiger charge is -2.37. The summed E-state index contributed by atoms with van der Waals surface area (Å²) in [6.45, 7) is 4.48. The van der Waals surface area contributed by atoms with Crippen molar-refractivity contribution >= 4 is 22.8 Å². The number of carbonyl (C=O) groups excluding carboxylic acids is 1. The molecule has 1 N–H and O–H groups in total. The van der Waals surface area contributed by atoms with Crippen LogP contribution in [0.3, 0.4) is 0 Å². The van der Waals surface area contributed by atoms with Crippen LogP contribution in [0.25, 0.3) is 10.9 Å². The molecule has 2 heterocycles. The Kier molecular flexibility index (Phi) is 5.06. The van der Waals surface area contributed by atoms with E-state index in [0.717, 1.165) is 5.56 Å². The maximum absolute atomic E-state index is 12.6.